The first-order chi connectivity index (χ1) is 15.6. The van der Waals surface area contributed by atoms with Gasteiger partial charge in [0.2, 0.25) is 0 Å². The minimum absolute atomic E-state index is 0.452. The third kappa shape index (κ3) is 6.45. The molecular formula is C23H30N6O3. The fourth-order valence-corrected chi connectivity index (χ4v) is 2.99. The second-order valence-corrected chi connectivity index (χ2v) is 7.07. The summed E-state index contributed by atoms with van der Waals surface area (Å²) in [6.07, 6.45) is 0. The van der Waals surface area contributed by atoms with E-state index >= 15 is 0 Å². The molecule has 0 aliphatic carbocycles. The Labute approximate surface area is 188 Å². The van der Waals surface area contributed by atoms with Gasteiger partial charge in [0, 0.05) is 31.8 Å². The average molecular weight is 439 g/mol. The molecule has 0 amide bonds. The maximum Gasteiger partial charge on any atom is 0.191 e. The predicted molar refractivity (Wildman–Crippen MR) is 124 cm³/mol. The average Bonchev–Trinajstić information content (AvgIpc) is 3.29. The summed E-state index contributed by atoms with van der Waals surface area (Å²) in [6.45, 7) is 4.10. The number of ether oxygens (including phenoxy) is 3. The quantitative estimate of drug-likeness (QED) is 0.254. The summed E-state index contributed by atoms with van der Waals surface area (Å²) < 4.78 is 16.1. The van der Waals surface area contributed by atoms with Gasteiger partial charge in [0.05, 0.1) is 20.3 Å². The number of aromatic nitrogens is 3. The molecule has 9 nitrogen and oxygen atoms in total. The third-order valence-corrected chi connectivity index (χ3v) is 4.74. The second kappa shape index (κ2) is 11.7. The molecule has 0 fully saturated rings. The van der Waals surface area contributed by atoms with Crippen LogP contribution in [0.2, 0.25) is 0 Å². The first-order valence-corrected chi connectivity index (χ1v) is 10.3. The van der Waals surface area contributed by atoms with E-state index in [0.717, 1.165) is 28.2 Å². The Bertz CT molecular complexity index is 1020. The van der Waals surface area contributed by atoms with Gasteiger partial charge >= 0.3 is 0 Å². The topological polar surface area (TPSA) is 106 Å². The smallest absolute Gasteiger partial charge is 0.191 e. The van der Waals surface area contributed by atoms with Gasteiger partial charge in [-0.3, -0.25) is 10.1 Å². The number of guanidine groups is 1. The van der Waals surface area contributed by atoms with Crippen LogP contribution in [-0.4, -0.2) is 55.6 Å². The van der Waals surface area contributed by atoms with E-state index in [9.17, 15) is 0 Å². The van der Waals surface area contributed by atoms with E-state index in [2.05, 4.69) is 42.9 Å². The van der Waals surface area contributed by atoms with Crippen molar-refractivity contribution in [3.8, 4) is 22.9 Å². The summed E-state index contributed by atoms with van der Waals surface area (Å²) >= 11 is 0. The van der Waals surface area contributed by atoms with Gasteiger partial charge < -0.3 is 24.8 Å². The van der Waals surface area contributed by atoms with E-state index in [1.165, 1.54) is 0 Å². The molecular weight excluding hydrogens is 408 g/mol. The number of nitrogens with one attached hydrogen (secondary N) is 3. The van der Waals surface area contributed by atoms with Crippen molar-refractivity contribution in [2.75, 3.05) is 34.5 Å². The number of rotatable bonds is 10. The van der Waals surface area contributed by atoms with Crippen LogP contribution in [0.15, 0.2) is 47.5 Å². The summed E-state index contributed by atoms with van der Waals surface area (Å²) in [5.74, 6) is 3.62. The lowest BCUT2D eigenvalue weighted by Gasteiger charge is -2.15. The Morgan fingerprint density at radius 2 is 1.81 bits per heavy atom. The summed E-state index contributed by atoms with van der Waals surface area (Å²) in [5.41, 5.74) is 3.09. The number of methoxy groups -OCH3 is 2. The molecule has 3 N–H and O–H groups in total. The van der Waals surface area contributed by atoms with Gasteiger partial charge in [0.25, 0.3) is 0 Å². The van der Waals surface area contributed by atoms with Gasteiger partial charge in [0.15, 0.2) is 11.8 Å². The molecule has 0 radical (unpaired) electrons. The molecule has 0 aliphatic rings. The van der Waals surface area contributed by atoms with E-state index < -0.39 is 0 Å². The zero-order chi connectivity index (χ0) is 22.8. The highest BCUT2D eigenvalue weighted by molar-refractivity contribution is 5.79. The van der Waals surface area contributed by atoms with Crippen molar-refractivity contribution >= 4 is 5.96 Å². The number of aromatic amines is 1. The Morgan fingerprint density at radius 1 is 1.03 bits per heavy atom. The van der Waals surface area contributed by atoms with Crippen molar-refractivity contribution in [1.82, 2.24) is 25.8 Å². The Morgan fingerprint density at radius 3 is 2.53 bits per heavy atom. The summed E-state index contributed by atoms with van der Waals surface area (Å²) in [4.78, 5) is 8.82. The fraction of sp³-hybridized carbons (Fsp3) is 0.348. The summed E-state index contributed by atoms with van der Waals surface area (Å²) in [7, 11) is 5.02. The van der Waals surface area contributed by atoms with Crippen molar-refractivity contribution in [3.63, 3.8) is 0 Å². The summed E-state index contributed by atoms with van der Waals surface area (Å²) in [5, 5.41) is 13.8. The van der Waals surface area contributed by atoms with Gasteiger partial charge in [-0.25, -0.2) is 4.98 Å². The minimum atomic E-state index is 0.452. The zero-order valence-electron chi connectivity index (χ0n) is 18.9. The number of hydrogen-bond donors (Lipinski definition) is 3. The molecule has 170 valence electrons. The molecule has 0 unspecified atom stereocenters. The zero-order valence-corrected chi connectivity index (χ0v) is 18.9. The van der Waals surface area contributed by atoms with Crippen molar-refractivity contribution < 1.29 is 14.2 Å². The Balaban J connectivity index is 1.55. The number of benzene rings is 2. The highest BCUT2D eigenvalue weighted by Crippen LogP contribution is 2.21. The van der Waals surface area contributed by atoms with E-state index in [1.807, 2.05) is 37.3 Å². The molecule has 32 heavy (non-hydrogen) atoms. The normalized spacial score (nSPS) is 11.3. The van der Waals surface area contributed by atoms with Crippen LogP contribution >= 0.6 is 0 Å². The largest absolute Gasteiger partial charge is 0.497 e. The number of aryl methyl sites for hydroxylation is 1. The number of H-pyrrole nitrogens is 1. The van der Waals surface area contributed by atoms with E-state index in [0.29, 0.717) is 43.9 Å². The molecule has 0 saturated heterocycles. The lowest BCUT2D eigenvalue weighted by Crippen LogP contribution is -2.36. The maximum atomic E-state index is 5.86. The Hall–Kier alpha value is -3.59. The van der Waals surface area contributed by atoms with Crippen LogP contribution in [0.3, 0.4) is 0 Å². The molecule has 0 atom stereocenters. The van der Waals surface area contributed by atoms with Crippen LogP contribution in [0.5, 0.6) is 11.5 Å². The number of hydrogen-bond acceptors (Lipinski definition) is 6. The number of aliphatic imine (C=N–C) groups is 1. The molecule has 9 heteroatoms. The van der Waals surface area contributed by atoms with E-state index in [4.69, 9.17) is 14.2 Å². The predicted octanol–water partition coefficient (Wildman–Crippen LogP) is 2.68. The molecule has 0 spiro atoms. The van der Waals surface area contributed by atoms with Gasteiger partial charge in [-0.05, 0) is 42.8 Å². The van der Waals surface area contributed by atoms with Gasteiger partial charge in [-0.15, -0.1) is 0 Å². The van der Waals surface area contributed by atoms with Gasteiger partial charge in [0.1, 0.15) is 23.9 Å². The first kappa shape index (κ1) is 23.1. The van der Waals surface area contributed by atoms with Gasteiger partial charge in [-0.2, -0.15) is 5.10 Å². The third-order valence-electron chi connectivity index (χ3n) is 4.74. The highest BCUT2D eigenvalue weighted by Gasteiger charge is 2.09. The second-order valence-electron chi connectivity index (χ2n) is 7.07. The van der Waals surface area contributed by atoms with Crippen molar-refractivity contribution in [2.45, 2.75) is 20.0 Å². The van der Waals surface area contributed by atoms with Crippen molar-refractivity contribution in [1.29, 1.82) is 0 Å². The standard InChI is InChI=1S/C23H30N6O3/c1-16-5-6-18(20(13-16)32-12-11-30-3)14-25-23(24-2)26-15-21-27-22(29-28-21)17-7-9-19(31-4)10-8-17/h5-10,13H,11-12,14-15H2,1-4H3,(H2,24,25,26)(H,27,28,29). The Kier molecular flexibility index (Phi) is 8.44. The SMILES string of the molecule is CN=C(NCc1nc(-c2ccc(OC)cc2)n[nH]1)NCc1ccc(C)cc1OCCOC. The van der Waals surface area contributed by atoms with E-state index in [-0.39, 0.29) is 0 Å². The van der Waals surface area contributed by atoms with Crippen LogP contribution in [0.4, 0.5) is 0 Å². The fourth-order valence-electron chi connectivity index (χ4n) is 2.99. The molecule has 3 aromatic rings. The lowest BCUT2D eigenvalue weighted by molar-refractivity contribution is 0.145. The van der Waals surface area contributed by atoms with Gasteiger partial charge in [-0.1, -0.05) is 12.1 Å². The van der Waals surface area contributed by atoms with E-state index in [1.54, 1.807) is 21.3 Å². The molecule has 1 aromatic heterocycles. The highest BCUT2D eigenvalue weighted by atomic mass is 16.5. The lowest BCUT2D eigenvalue weighted by atomic mass is 10.1. The maximum absolute atomic E-state index is 5.86. The molecule has 1 heterocycles. The molecule has 0 aliphatic heterocycles. The van der Waals surface area contributed by atoms with Crippen LogP contribution in [0, 0.1) is 6.92 Å². The van der Waals surface area contributed by atoms with Crippen LogP contribution < -0.4 is 20.1 Å². The summed E-state index contributed by atoms with van der Waals surface area (Å²) in [6, 6.07) is 13.8. The number of nitrogens with zero attached hydrogens (tertiary/aromatic N) is 3. The molecule has 2 aromatic carbocycles. The molecule has 3 rings (SSSR count). The monoisotopic (exact) mass is 438 g/mol. The molecule has 0 bridgehead atoms. The van der Waals surface area contributed by atoms with Crippen molar-refractivity contribution in [3.05, 3.63) is 59.4 Å². The first-order valence-electron chi connectivity index (χ1n) is 10.3. The van der Waals surface area contributed by atoms with Crippen LogP contribution in [-0.2, 0) is 17.8 Å². The van der Waals surface area contributed by atoms with Crippen LogP contribution in [0.1, 0.15) is 17.0 Å². The molecule has 0 saturated carbocycles. The van der Waals surface area contributed by atoms with Crippen LogP contribution in [0.25, 0.3) is 11.4 Å². The minimum Gasteiger partial charge on any atom is -0.497 e. The van der Waals surface area contributed by atoms with Crippen molar-refractivity contribution in [2.24, 2.45) is 4.99 Å².